The molecule has 0 bridgehead atoms. The van der Waals surface area contributed by atoms with Crippen LogP contribution in [0.1, 0.15) is 51.4 Å². The zero-order valence-electron chi connectivity index (χ0n) is 19.4. The average molecular weight is 434 g/mol. The van der Waals surface area contributed by atoms with E-state index in [-0.39, 0.29) is 11.9 Å². The van der Waals surface area contributed by atoms with E-state index in [4.69, 9.17) is 4.74 Å². The Morgan fingerprint density at radius 1 is 1.09 bits per heavy atom. The summed E-state index contributed by atoms with van der Waals surface area (Å²) < 4.78 is 5.57. The van der Waals surface area contributed by atoms with Crippen LogP contribution in [-0.2, 0) is 11.2 Å². The highest BCUT2D eigenvalue weighted by Crippen LogP contribution is 2.41. The molecule has 0 saturated heterocycles. The maximum atomic E-state index is 12.8. The zero-order chi connectivity index (χ0) is 23.1. The third-order valence-corrected chi connectivity index (χ3v) is 5.01. The van der Waals surface area contributed by atoms with E-state index in [1.807, 2.05) is 60.4 Å². The van der Waals surface area contributed by atoms with Gasteiger partial charge in [0.2, 0.25) is 11.9 Å². The van der Waals surface area contributed by atoms with Crippen molar-refractivity contribution in [3.05, 3.63) is 59.8 Å². The molecule has 2 heterocycles. The van der Waals surface area contributed by atoms with Gasteiger partial charge in [-0.1, -0.05) is 50.6 Å². The van der Waals surface area contributed by atoms with Crippen LogP contribution >= 0.6 is 0 Å². The van der Waals surface area contributed by atoms with Gasteiger partial charge in [-0.05, 0) is 30.7 Å². The van der Waals surface area contributed by atoms with Crippen molar-refractivity contribution in [3.63, 3.8) is 0 Å². The van der Waals surface area contributed by atoms with E-state index in [0.717, 1.165) is 28.3 Å². The molecule has 0 saturated carbocycles. The van der Waals surface area contributed by atoms with Gasteiger partial charge in [0, 0.05) is 26.0 Å². The lowest BCUT2D eigenvalue weighted by Crippen LogP contribution is -2.34. The van der Waals surface area contributed by atoms with Crippen molar-refractivity contribution in [3.8, 4) is 17.0 Å². The van der Waals surface area contributed by atoms with Crippen molar-refractivity contribution < 1.29 is 9.53 Å². The number of aromatic nitrogens is 3. The number of rotatable bonds is 4. The molecule has 0 spiro atoms. The molecule has 7 heteroatoms. The van der Waals surface area contributed by atoms with E-state index >= 15 is 0 Å². The minimum atomic E-state index is -0.216. The highest BCUT2D eigenvalue weighted by molar-refractivity contribution is 5.97. The summed E-state index contributed by atoms with van der Waals surface area (Å²) in [5.41, 5.74) is 4.19. The Kier molecular flexibility index (Phi) is 7.76. The number of fused-ring (bicyclic) bond motifs is 3. The van der Waals surface area contributed by atoms with Crippen LogP contribution in [0.2, 0.25) is 0 Å². The first kappa shape index (κ1) is 23.2. The number of hydrogen-bond donors (Lipinski definition) is 1. The summed E-state index contributed by atoms with van der Waals surface area (Å²) in [6.07, 6.45) is 1.78. The second-order valence-corrected chi connectivity index (χ2v) is 7.52. The van der Waals surface area contributed by atoms with Gasteiger partial charge < -0.3 is 15.0 Å². The molecule has 3 aromatic rings. The number of benzene rings is 2. The molecule has 1 amide bonds. The van der Waals surface area contributed by atoms with Crippen molar-refractivity contribution in [2.75, 3.05) is 23.9 Å². The fourth-order valence-corrected chi connectivity index (χ4v) is 3.75. The smallest absolute Gasteiger partial charge is 0.242 e. The van der Waals surface area contributed by atoms with E-state index in [9.17, 15) is 4.79 Å². The second kappa shape index (κ2) is 10.7. The van der Waals surface area contributed by atoms with Gasteiger partial charge in [-0.15, -0.1) is 10.2 Å². The second-order valence-electron chi connectivity index (χ2n) is 7.52. The fraction of sp³-hybridized carbons (Fsp3) is 0.360. The highest BCUT2D eigenvalue weighted by atomic mass is 16.5. The van der Waals surface area contributed by atoms with Gasteiger partial charge in [0.05, 0.1) is 24.0 Å². The first-order chi connectivity index (χ1) is 15.5. The Balaban J connectivity index is 0.000000913. The maximum absolute atomic E-state index is 12.8. The maximum Gasteiger partial charge on any atom is 0.242 e. The third kappa shape index (κ3) is 4.88. The molecular formula is C25H31N5O2. The molecule has 7 nitrogen and oxygen atoms in total. The predicted octanol–water partition coefficient (Wildman–Crippen LogP) is 5.05. The molecule has 0 fully saturated rings. The van der Waals surface area contributed by atoms with Gasteiger partial charge in [0.25, 0.3) is 0 Å². The molecule has 32 heavy (non-hydrogen) atoms. The van der Waals surface area contributed by atoms with Gasteiger partial charge >= 0.3 is 0 Å². The Bertz CT molecular complexity index is 1050. The summed E-state index contributed by atoms with van der Waals surface area (Å²) >= 11 is 0. The highest BCUT2D eigenvalue weighted by Gasteiger charge is 2.33. The number of carbonyl (C=O) groups excluding carboxylic acids is 1. The molecular weight excluding hydrogens is 402 g/mol. The quantitative estimate of drug-likeness (QED) is 0.620. The molecule has 0 radical (unpaired) electrons. The van der Waals surface area contributed by atoms with E-state index in [2.05, 4.69) is 34.3 Å². The lowest BCUT2D eigenvalue weighted by Gasteiger charge is -2.30. The minimum absolute atomic E-state index is 0.0362. The van der Waals surface area contributed by atoms with Crippen LogP contribution in [0.25, 0.3) is 11.3 Å². The normalized spacial score (nSPS) is 14.3. The van der Waals surface area contributed by atoms with Crippen LogP contribution in [0, 0.1) is 0 Å². The Morgan fingerprint density at radius 3 is 2.41 bits per heavy atom. The van der Waals surface area contributed by atoms with E-state index in [0.29, 0.717) is 24.7 Å². The first-order valence-electron chi connectivity index (χ1n) is 11.1. The van der Waals surface area contributed by atoms with Crippen molar-refractivity contribution in [2.24, 2.45) is 0 Å². The summed E-state index contributed by atoms with van der Waals surface area (Å²) in [7, 11) is 1.76. The van der Waals surface area contributed by atoms with Crippen molar-refractivity contribution in [2.45, 2.75) is 46.6 Å². The number of carbonyl (C=O) groups is 1. The standard InChI is InChI=1S/C22H23N5O2.C3H8/c1-4-29-16-11-9-15(10-12-16)20-13-18-21(25-26-22(23-3)24-18)17-7-5-6-8-19(17)27(20)14(2)28;1-3-2/h5-12,20H,4,13H2,1-3H3,(H,23,24,26);3H2,1-2H3. The van der Waals surface area contributed by atoms with Gasteiger partial charge in [-0.3, -0.25) is 4.79 Å². The summed E-state index contributed by atoms with van der Waals surface area (Å²) in [4.78, 5) is 19.3. The van der Waals surface area contributed by atoms with Gasteiger partial charge in [0.1, 0.15) is 11.4 Å². The van der Waals surface area contributed by atoms with Crippen LogP contribution in [-0.4, -0.2) is 34.7 Å². The Labute approximate surface area is 189 Å². The number of anilines is 2. The van der Waals surface area contributed by atoms with Crippen LogP contribution in [0.3, 0.4) is 0 Å². The Hall–Kier alpha value is -3.48. The summed E-state index contributed by atoms with van der Waals surface area (Å²) in [6.45, 7) is 8.40. The lowest BCUT2D eigenvalue weighted by molar-refractivity contribution is -0.117. The van der Waals surface area contributed by atoms with Crippen molar-refractivity contribution in [1.82, 2.24) is 15.2 Å². The average Bonchev–Trinajstić information content (AvgIpc) is 2.94. The topological polar surface area (TPSA) is 80.2 Å². The molecule has 1 N–H and O–H groups in total. The van der Waals surface area contributed by atoms with Gasteiger partial charge in [-0.2, -0.15) is 0 Å². The molecule has 2 aromatic carbocycles. The van der Waals surface area contributed by atoms with Crippen LogP contribution in [0.4, 0.5) is 11.6 Å². The molecule has 1 unspecified atom stereocenters. The van der Waals surface area contributed by atoms with Crippen LogP contribution in [0.5, 0.6) is 5.75 Å². The number of hydrogen-bond acceptors (Lipinski definition) is 6. The van der Waals surface area contributed by atoms with Gasteiger partial charge in [-0.25, -0.2) is 4.98 Å². The van der Waals surface area contributed by atoms with Crippen molar-refractivity contribution in [1.29, 1.82) is 0 Å². The minimum Gasteiger partial charge on any atom is -0.494 e. The van der Waals surface area contributed by atoms with Gasteiger partial charge in [0.15, 0.2) is 0 Å². The van der Waals surface area contributed by atoms with Crippen LogP contribution < -0.4 is 15.0 Å². The lowest BCUT2D eigenvalue weighted by atomic mass is 10.00. The molecule has 168 valence electrons. The summed E-state index contributed by atoms with van der Waals surface area (Å²) in [6, 6.07) is 15.4. The molecule has 1 aliphatic rings. The third-order valence-electron chi connectivity index (χ3n) is 5.01. The number of nitrogens with one attached hydrogen (secondary N) is 1. The SMILES string of the molecule is CCC.CCOc1ccc(C2Cc3nc(NC)nnc3-c3ccccc3N2C(C)=O)cc1. The Morgan fingerprint density at radius 2 is 1.78 bits per heavy atom. The largest absolute Gasteiger partial charge is 0.494 e. The first-order valence-corrected chi connectivity index (χ1v) is 11.1. The number of para-hydroxylation sites is 1. The monoisotopic (exact) mass is 433 g/mol. The van der Waals surface area contributed by atoms with E-state index < -0.39 is 0 Å². The summed E-state index contributed by atoms with van der Waals surface area (Å²) in [5.74, 6) is 1.23. The molecule has 1 aliphatic heterocycles. The predicted molar refractivity (Wildman–Crippen MR) is 128 cm³/mol. The van der Waals surface area contributed by atoms with Crippen molar-refractivity contribution >= 4 is 17.5 Å². The molecule has 0 aliphatic carbocycles. The summed E-state index contributed by atoms with van der Waals surface area (Å²) in [5, 5.41) is 11.5. The number of amides is 1. The number of nitrogens with zero attached hydrogens (tertiary/aromatic N) is 4. The molecule has 4 rings (SSSR count). The molecule has 1 atom stereocenters. The van der Waals surface area contributed by atoms with E-state index in [1.54, 1.807) is 14.0 Å². The number of ether oxygens (including phenoxy) is 1. The van der Waals surface area contributed by atoms with Crippen LogP contribution in [0.15, 0.2) is 48.5 Å². The fourth-order valence-electron chi connectivity index (χ4n) is 3.75. The molecule has 1 aromatic heterocycles. The van der Waals surface area contributed by atoms with E-state index in [1.165, 1.54) is 6.42 Å². The zero-order valence-corrected chi connectivity index (χ0v) is 19.4.